The van der Waals surface area contributed by atoms with E-state index in [9.17, 15) is 0 Å². The van der Waals surface area contributed by atoms with E-state index in [1.54, 1.807) is 18.4 Å². The molecule has 4 heteroatoms. The Morgan fingerprint density at radius 3 is 2.95 bits per heavy atom. The van der Waals surface area contributed by atoms with Crippen molar-refractivity contribution in [1.29, 1.82) is 0 Å². The van der Waals surface area contributed by atoms with Crippen molar-refractivity contribution in [3.63, 3.8) is 0 Å². The Morgan fingerprint density at radius 1 is 1.25 bits per heavy atom. The molecule has 3 rings (SSSR count). The third-order valence-electron chi connectivity index (χ3n) is 3.39. The average molecular weight is 284 g/mol. The molecule has 0 fully saturated rings. The van der Waals surface area contributed by atoms with Gasteiger partial charge in [-0.25, -0.2) is 0 Å². The number of hydrogen-bond acceptors (Lipinski definition) is 4. The highest BCUT2D eigenvalue weighted by Crippen LogP contribution is 2.35. The van der Waals surface area contributed by atoms with Crippen molar-refractivity contribution in [2.45, 2.75) is 6.04 Å². The Labute approximate surface area is 122 Å². The van der Waals surface area contributed by atoms with Crippen LogP contribution < -0.4 is 10.1 Å². The van der Waals surface area contributed by atoms with Gasteiger partial charge < -0.3 is 10.1 Å². The van der Waals surface area contributed by atoms with E-state index in [2.05, 4.69) is 39.9 Å². The number of pyridine rings is 1. The summed E-state index contributed by atoms with van der Waals surface area (Å²) in [6.45, 7) is 0. The number of aromatic nitrogens is 1. The topological polar surface area (TPSA) is 34.2 Å². The summed E-state index contributed by atoms with van der Waals surface area (Å²) in [5.74, 6) is 0.931. The molecule has 0 aliphatic heterocycles. The van der Waals surface area contributed by atoms with Crippen molar-refractivity contribution >= 4 is 22.2 Å². The zero-order valence-corrected chi connectivity index (χ0v) is 12.3. The molecule has 20 heavy (non-hydrogen) atoms. The third kappa shape index (κ3) is 2.28. The van der Waals surface area contributed by atoms with Crippen molar-refractivity contribution in [3.8, 4) is 5.75 Å². The minimum Gasteiger partial charge on any atom is -0.496 e. The summed E-state index contributed by atoms with van der Waals surface area (Å²) in [5.41, 5.74) is 2.23. The van der Waals surface area contributed by atoms with Gasteiger partial charge in [0.15, 0.2) is 0 Å². The first kappa shape index (κ1) is 13.1. The van der Waals surface area contributed by atoms with Crippen LogP contribution >= 0.6 is 11.3 Å². The van der Waals surface area contributed by atoms with Crippen molar-refractivity contribution in [2.24, 2.45) is 0 Å². The fourth-order valence-electron chi connectivity index (χ4n) is 2.41. The van der Waals surface area contributed by atoms with Crippen LogP contribution in [0.5, 0.6) is 5.75 Å². The van der Waals surface area contributed by atoms with Gasteiger partial charge in [0.1, 0.15) is 5.75 Å². The molecule has 2 heterocycles. The van der Waals surface area contributed by atoms with Crippen molar-refractivity contribution in [2.75, 3.05) is 14.2 Å². The molecular formula is C16H16N2OS. The molecule has 1 atom stereocenters. The molecule has 0 bridgehead atoms. The lowest BCUT2D eigenvalue weighted by atomic mass is 10.0. The quantitative estimate of drug-likeness (QED) is 0.794. The number of ether oxygens (including phenoxy) is 1. The molecule has 1 N–H and O–H groups in total. The Kier molecular flexibility index (Phi) is 3.67. The standard InChI is InChI=1S/C16H16N2OS/c1-17-15(16-14(19-2)7-9-20-16)12-5-6-13-11(10-12)4-3-8-18-13/h3-10,15,17H,1-2H3. The van der Waals surface area contributed by atoms with Gasteiger partial charge in [-0.15, -0.1) is 11.3 Å². The van der Waals surface area contributed by atoms with E-state index in [1.807, 2.05) is 25.4 Å². The summed E-state index contributed by atoms with van der Waals surface area (Å²) in [6, 6.07) is 12.6. The highest BCUT2D eigenvalue weighted by Gasteiger charge is 2.18. The van der Waals surface area contributed by atoms with Gasteiger partial charge in [0.25, 0.3) is 0 Å². The predicted molar refractivity (Wildman–Crippen MR) is 83.5 cm³/mol. The number of nitrogens with zero attached hydrogens (tertiary/aromatic N) is 1. The summed E-state index contributed by atoms with van der Waals surface area (Å²) in [7, 11) is 3.68. The zero-order valence-electron chi connectivity index (χ0n) is 11.5. The third-order valence-corrected chi connectivity index (χ3v) is 4.35. The fraction of sp³-hybridized carbons (Fsp3) is 0.188. The van der Waals surface area contributed by atoms with Gasteiger partial charge >= 0.3 is 0 Å². The number of nitrogens with one attached hydrogen (secondary N) is 1. The molecule has 0 amide bonds. The fourth-order valence-corrected chi connectivity index (χ4v) is 3.41. The molecular weight excluding hydrogens is 268 g/mol. The maximum Gasteiger partial charge on any atom is 0.134 e. The number of methoxy groups -OCH3 is 1. The summed E-state index contributed by atoms with van der Waals surface area (Å²) in [4.78, 5) is 5.55. The van der Waals surface area contributed by atoms with Crippen LogP contribution in [-0.2, 0) is 0 Å². The molecule has 0 aliphatic carbocycles. The van der Waals surface area contributed by atoms with Crippen LogP contribution in [0, 0.1) is 0 Å². The average Bonchev–Trinajstić information content (AvgIpc) is 2.96. The van der Waals surface area contributed by atoms with Crippen LogP contribution in [0.25, 0.3) is 10.9 Å². The van der Waals surface area contributed by atoms with Gasteiger partial charge in [-0.1, -0.05) is 12.1 Å². The minimum atomic E-state index is 0.134. The molecule has 0 saturated carbocycles. The Hall–Kier alpha value is -1.91. The number of rotatable bonds is 4. The van der Waals surface area contributed by atoms with Gasteiger partial charge in [0.2, 0.25) is 0 Å². The zero-order chi connectivity index (χ0) is 13.9. The first-order chi connectivity index (χ1) is 9.83. The van der Waals surface area contributed by atoms with Crippen LogP contribution in [0.4, 0.5) is 0 Å². The van der Waals surface area contributed by atoms with E-state index in [4.69, 9.17) is 4.74 Å². The molecule has 0 saturated heterocycles. The van der Waals surface area contributed by atoms with Crippen LogP contribution in [-0.4, -0.2) is 19.1 Å². The molecule has 2 aromatic heterocycles. The molecule has 0 spiro atoms. The Bertz CT molecular complexity index is 723. The van der Waals surface area contributed by atoms with Crippen LogP contribution in [0.2, 0.25) is 0 Å². The van der Waals surface area contributed by atoms with E-state index < -0.39 is 0 Å². The summed E-state index contributed by atoms with van der Waals surface area (Å²) >= 11 is 1.70. The highest BCUT2D eigenvalue weighted by molar-refractivity contribution is 7.10. The second-order valence-corrected chi connectivity index (χ2v) is 5.48. The van der Waals surface area contributed by atoms with Crippen molar-refractivity contribution in [3.05, 3.63) is 58.4 Å². The van der Waals surface area contributed by atoms with Gasteiger partial charge in [-0.2, -0.15) is 0 Å². The van der Waals surface area contributed by atoms with E-state index >= 15 is 0 Å². The van der Waals surface area contributed by atoms with Gasteiger partial charge in [-0.05, 0) is 42.3 Å². The monoisotopic (exact) mass is 284 g/mol. The largest absolute Gasteiger partial charge is 0.496 e. The molecule has 3 aromatic rings. The number of benzene rings is 1. The van der Waals surface area contributed by atoms with Gasteiger partial charge in [0, 0.05) is 11.6 Å². The summed E-state index contributed by atoms with van der Waals surface area (Å²) in [5, 5.41) is 6.58. The van der Waals surface area contributed by atoms with Crippen molar-refractivity contribution in [1.82, 2.24) is 10.3 Å². The lowest BCUT2D eigenvalue weighted by Crippen LogP contribution is -2.17. The number of fused-ring (bicyclic) bond motifs is 1. The Balaban J connectivity index is 2.07. The SMILES string of the molecule is CNC(c1ccc2ncccc2c1)c1sccc1OC. The molecule has 102 valence electrons. The number of thiophene rings is 1. The smallest absolute Gasteiger partial charge is 0.134 e. The van der Waals surface area contributed by atoms with Crippen molar-refractivity contribution < 1.29 is 4.74 Å². The van der Waals surface area contributed by atoms with E-state index in [0.29, 0.717) is 0 Å². The lowest BCUT2D eigenvalue weighted by molar-refractivity contribution is 0.409. The first-order valence-electron chi connectivity index (χ1n) is 6.47. The summed E-state index contributed by atoms with van der Waals surface area (Å²) in [6.07, 6.45) is 1.82. The highest BCUT2D eigenvalue weighted by atomic mass is 32.1. The molecule has 0 aliphatic rings. The number of hydrogen-bond donors (Lipinski definition) is 1. The second-order valence-electron chi connectivity index (χ2n) is 4.53. The Morgan fingerprint density at radius 2 is 2.15 bits per heavy atom. The van der Waals surface area contributed by atoms with E-state index in [-0.39, 0.29) is 6.04 Å². The molecule has 1 unspecified atom stereocenters. The molecule has 0 radical (unpaired) electrons. The normalized spacial score (nSPS) is 12.5. The predicted octanol–water partition coefficient (Wildman–Crippen LogP) is 3.61. The first-order valence-corrected chi connectivity index (χ1v) is 7.35. The van der Waals surface area contributed by atoms with Crippen LogP contribution in [0.15, 0.2) is 48.0 Å². The maximum atomic E-state index is 5.44. The molecule has 3 nitrogen and oxygen atoms in total. The van der Waals surface area contributed by atoms with Crippen LogP contribution in [0.3, 0.4) is 0 Å². The van der Waals surface area contributed by atoms with Gasteiger partial charge in [-0.3, -0.25) is 4.98 Å². The minimum absolute atomic E-state index is 0.134. The molecule has 1 aromatic carbocycles. The maximum absolute atomic E-state index is 5.44. The van der Waals surface area contributed by atoms with Crippen LogP contribution in [0.1, 0.15) is 16.5 Å². The lowest BCUT2D eigenvalue weighted by Gasteiger charge is -2.17. The van der Waals surface area contributed by atoms with E-state index in [1.165, 1.54) is 10.4 Å². The van der Waals surface area contributed by atoms with E-state index in [0.717, 1.165) is 16.7 Å². The second kappa shape index (κ2) is 5.61. The van der Waals surface area contributed by atoms with Gasteiger partial charge in [0.05, 0.1) is 23.5 Å². The summed E-state index contributed by atoms with van der Waals surface area (Å²) < 4.78 is 5.44.